The van der Waals surface area contributed by atoms with Crippen LogP contribution in [0.2, 0.25) is 10.0 Å². The number of amides is 3. The minimum Gasteiger partial charge on any atom is -0.348 e. The Hall–Kier alpha value is -1.46. The van der Waals surface area contributed by atoms with Gasteiger partial charge in [-0.2, -0.15) is 0 Å². The van der Waals surface area contributed by atoms with Crippen LogP contribution in [0.5, 0.6) is 0 Å². The zero-order valence-corrected chi connectivity index (χ0v) is 11.7. The van der Waals surface area contributed by atoms with E-state index in [-0.39, 0.29) is 18.0 Å². The number of benzene rings is 1. The molecule has 1 aromatic rings. The first-order valence-electron chi connectivity index (χ1n) is 5.77. The topological polar surface area (TPSA) is 70.2 Å². The van der Waals surface area contributed by atoms with Gasteiger partial charge in [-0.15, -0.1) is 0 Å². The summed E-state index contributed by atoms with van der Waals surface area (Å²) in [5.74, 6) is -0.239. The minimum absolute atomic E-state index is 0.222. The lowest BCUT2D eigenvalue weighted by Crippen LogP contribution is -2.43. The maximum absolute atomic E-state index is 11.9. The first-order chi connectivity index (χ1) is 8.97. The number of halogens is 2. The van der Waals surface area contributed by atoms with Crippen LogP contribution in [0.25, 0.3) is 0 Å². The van der Waals surface area contributed by atoms with Gasteiger partial charge in [0.2, 0.25) is 5.91 Å². The van der Waals surface area contributed by atoms with E-state index in [1.165, 1.54) is 0 Å². The van der Waals surface area contributed by atoms with Crippen molar-refractivity contribution in [3.8, 4) is 0 Å². The predicted molar refractivity (Wildman–Crippen MR) is 73.3 cm³/mol. The zero-order chi connectivity index (χ0) is 14.0. The quantitative estimate of drug-likeness (QED) is 0.797. The standard InChI is InChI=1S/C12H13Cl2N3O2/c1-6(7-2-3-8(13)9(14)4-7)16-11(18)10-5-15-12(19)17-10/h2-4,6,10H,5H2,1H3,(H,16,18)(H2,15,17,19)/t6-,10+/m1/s1. The molecule has 1 aliphatic rings. The molecular weight excluding hydrogens is 289 g/mol. The van der Waals surface area contributed by atoms with E-state index in [9.17, 15) is 9.59 Å². The third-order valence-corrected chi connectivity index (χ3v) is 3.63. The maximum Gasteiger partial charge on any atom is 0.315 e. The van der Waals surface area contributed by atoms with Crippen molar-refractivity contribution in [3.05, 3.63) is 33.8 Å². The molecule has 0 aliphatic carbocycles. The summed E-state index contributed by atoms with van der Waals surface area (Å²) < 4.78 is 0. The summed E-state index contributed by atoms with van der Waals surface area (Å²) in [5.41, 5.74) is 0.847. The Balaban J connectivity index is 2.00. The van der Waals surface area contributed by atoms with Crippen molar-refractivity contribution < 1.29 is 9.59 Å². The van der Waals surface area contributed by atoms with Gasteiger partial charge in [-0.25, -0.2) is 4.79 Å². The average Bonchev–Trinajstić information content (AvgIpc) is 2.79. The average molecular weight is 302 g/mol. The predicted octanol–water partition coefficient (Wildman–Crippen LogP) is 1.85. The van der Waals surface area contributed by atoms with Crippen LogP contribution in [-0.4, -0.2) is 24.5 Å². The highest BCUT2D eigenvalue weighted by atomic mass is 35.5. The highest BCUT2D eigenvalue weighted by Gasteiger charge is 2.27. The lowest BCUT2D eigenvalue weighted by Gasteiger charge is -2.17. The van der Waals surface area contributed by atoms with Crippen LogP contribution >= 0.6 is 23.2 Å². The maximum atomic E-state index is 11.9. The van der Waals surface area contributed by atoms with Gasteiger partial charge in [0.15, 0.2) is 0 Å². The molecule has 1 fully saturated rings. The van der Waals surface area contributed by atoms with Crippen LogP contribution in [-0.2, 0) is 4.79 Å². The number of carbonyl (C=O) groups is 2. The second-order valence-electron chi connectivity index (χ2n) is 4.31. The Morgan fingerprint density at radius 1 is 1.42 bits per heavy atom. The van der Waals surface area contributed by atoms with Crippen LogP contribution in [0.1, 0.15) is 18.5 Å². The summed E-state index contributed by atoms with van der Waals surface area (Å²) in [6, 6.07) is 4.09. The van der Waals surface area contributed by atoms with E-state index >= 15 is 0 Å². The lowest BCUT2D eigenvalue weighted by atomic mass is 10.1. The van der Waals surface area contributed by atoms with Gasteiger partial charge >= 0.3 is 6.03 Å². The first-order valence-corrected chi connectivity index (χ1v) is 6.52. The molecule has 0 aromatic heterocycles. The molecule has 3 amide bonds. The third-order valence-electron chi connectivity index (χ3n) is 2.89. The largest absolute Gasteiger partial charge is 0.348 e. The number of carbonyl (C=O) groups excluding carboxylic acids is 2. The van der Waals surface area contributed by atoms with Gasteiger partial charge in [0.25, 0.3) is 0 Å². The highest BCUT2D eigenvalue weighted by Crippen LogP contribution is 2.25. The van der Waals surface area contributed by atoms with Gasteiger partial charge in [0.05, 0.1) is 16.1 Å². The summed E-state index contributed by atoms with van der Waals surface area (Å²) in [6.07, 6.45) is 0. The van der Waals surface area contributed by atoms with E-state index in [2.05, 4.69) is 16.0 Å². The van der Waals surface area contributed by atoms with Crippen molar-refractivity contribution in [1.29, 1.82) is 0 Å². The molecule has 5 nitrogen and oxygen atoms in total. The summed E-state index contributed by atoms with van der Waals surface area (Å²) in [4.78, 5) is 22.9. The molecule has 3 N–H and O–H groups in total. The molecule has 7 heteroatoms. The summed E-state index contributed by atoms with van der Waals surface area (Å²) >= 11 is 11.8. The van der Waals surface area contributed by atoms with Crippen LogP contribution < -0.4 is 16.0 Å². The Labute approximate surface area is 120 Å². The monoisotopic (exact) mass is 301 g/mol. The summed E-state index contributed by atoms with van der Waals surface area (Å²) in [5, 5.41) is 8.77. The van der Waals surface area contributed by atoms with Gasteiger partial charge in [-0.3, -0.25) is 4.79 Å². The Morgan fingerprint density at radius 2 is 2.16 bits per heavy atom. The highest BCUT2D eigenvalue weighted by molar-refractivity contribution is 6.42. The molecule has 0 radical (unpaired) electrons. The number of nitrogens with one attached hydrogen (secondary N) is 3. The van der Waals surface area contributed by atoms with Crippen LogP contribution in [0.4, 0.5) is 4.79 Å². The zero-order valence-electron chi connectivity index (χ0n) is 10.2. The number of hydrogen-bond acceptors (Lipinski definition) is 2. The minimum atomic E-state index is -0.544. The Kier molecular flexibility index (Phi) is 4.17. The second-order valence-corrected chi connectivity index (χ2v) is 5.13. The van der Waals surface area contributed by atoms with Crippen molar-refractivity contribution >= 4 is 35.1 Å². The molecule has 0 saturated carbocycles. The van der Waals surface area contributed by atoms with Crippen molar-refractivity contribution in [1.82, 2.24) is 16.0 Å². The molecule has 0 bridgehead atoms. The molecule has 102 valence electrons. The van der Waals surface area contributed by atoms with E-state index < -0.39 is 6.04 Å². The van der Waals surface area contributed by atoms with Crippen molar-refractivity contribution in [3.63, 3.8) is 0 Å². The number of hydrogen-bond donors (Lipinski definition) is 3. The molecule has 19 heavy (non-hydrogen) atoms. The number of rotatable bonds is 3. The van der Waals surface area contributed by atoms with E-state index in [4.69, 9.17) is 23.2 Å². The van der Waals surface area contributed by atoms with Gasteiger partial charge in [0.1, 0.15) is 6.04 Å². The Bertz CT molecular complexity index is 522. The molecule has 0 spiro atoms. The van der Waals surface area contributed by atoms with E-state index in [1.54, 1.807) is 18.2 Å². The molecule has 0 unspecified atom stereocenters. The van der Waals surface area contributed by atoms with Gasteiger partial charge in [0, 0.05) is 6.54 Å². The SMILES string of the molecule is C[C@@H](NC(=O)[C@@H]1CNC(=O)N1)c1ccc(Cl)c(Cl)c1. The Morgan fingerprint density at radius 3 is 2.74 bits per heavy atom. The molecule has 2 atom stereocenters. The van der Waals surface area contributed by atoms with E-state index in [0.717, 1.165) is 5.56 Å². The molecule has 1 saturated heterocycles. The smallest absolute Gasteiger partial charge is 0.315 e. The van der Waals surface area contributed by atoms with Crippen LogP contribution in [0, 0.1) is 0 Å². The fourth-order valence-electron chi connectivity index (χ4n) is 1.79. The van der Waals surface area contributed by atoms with Crippen LogP contribution in [0.3, 0.4) is 0 Å². The third kappa shape index (κ3) is 3.30. The van der Waals surface area contributed by atoms with Gasteiger partial charge < -0.3 is 16.0 Å². The normalized spacial score (nSPS) is 19.5. The molecule has 1 aliphatic heterocycles. The summed E-state index contributed by atoms with van der Waals surface area (Å²) in [6.45, 7) is 2.13. The van der Waals surface area contributed by atoms with E-state index in [0.29, 0.717) is 16.6 Å². The van der Waals surface area contributed by atoms with Gasteiger partial charge in [-0.1, -0.05) is 29.3 Å². The fourth-order valence-corrected chi connectivity index (χ4v) is 2.10. The first kappa shape index (κ1) is 14.0. The van der Waals surface area contributed by atoms with Gasteiger partial charge in [-0.05, 0) is 24.6 Å². The lowest BCUT2D eigenvalue weighted by molar-refractivity contribution is -0.123. The molecule has 2 rings (SSSR count). The molecule has 1 heterocycles. The van der Waals surface area contributed by atoms with Crippen molar-refractivity contribution in [2.75, 3.05) is 6.54 Å². The molecular formula is C12H13Cl2N3O2. The second kappa shape index (κ2) is 5.67. The van der Waals surface area contributed by atoms with Crippen molar-refractivity contribution in [2.45, 2.75) is 19.0 Å². The van der Waals surface area contributed by atoms with E-state index in [1.807, 2.05) is 6.92 Å². The van der Waals surface area contributed by atoms with Crippen molar-refractivity contribution in [2.24, 2.45) is 0 Å². The van der Waals surface area contributed by atoms with Crippen LogP contribution in [0.15, 0.2) is 18.2 Å². The number of urea groups is 1. The summed E-state index contributed by atoms with van der Waals surface area (Å²) in [7, 11) is 0. The molecule has 1 aromatic carbocycles. The fraction of sp³-hybridized carbons (Fsp3) is 0.333.